The first kappa shape index (κ1) is 26.6. The van der Waals surface area contributed by atoms with Crippen LogP contribution in [-0.2, 0) is 28.1 Å². The average Bonchev–Trinajstić information content (AvgIpc) is 3.32. The molecule has 183 valence electrons. The van der Waals surface area contributed by atoms with Gasteiger partial charge in [0.25, 0.3) is 0 Å². The van der Waals surface area contributed by atoms with Gasteiger partial charge in [-0.1, -0.05) is 0 Å². The van der Waals surface area contributed by atoms with Gasteiger partial charge in [-0.05, 0) is 0 Å². The Morgan fingerprint density at radius 2 is 1.09 bits per heavy atom. The van der Waals surface area contributed by atoms with Crippen LogP contribution in [0.15, 0.2) is 35.4 Å². The summed E-state index contributed by atoms with van der Waals surface area (Å²) in [6, 6.07) is 9.32. The SMILES string of the molecule is CCCc1ccc(C)c2c1C=C(C)[CH]2[Hf]([Cl])([Cl])([CH]1C(C)=Cc2c(CCC)ccc(C)c21)[SiH](C)C. The summed E-state index contributed by atoms with van der Waals surface area (Å²) in [6.45, 7) is 18.6. The molecule has 2 aromatic rings. The molecule has 2 aromatic carbocycles. The van der Waals surface area contributed by atoms with E-state index in [0.29, 0.717) is 0 Å². The van der Waals surface area contributed by atoms with Crippen molar-refractivity contribution in [2.24, 2.45) is 0 Å². The van der Waals surface area contributed by atoms with Gasteiger partial charge in [-0.15, -0.1) is 0 Å². The Hall–Kier alpha value is -0.413. The number of aryl methyl sites for hydroxylation is 4. The van der Waals surface area contributed by atoms with Crippen molar-refractivity contribution < 1.29 is 15.3 Å². The third-order valence-electron chi connectivity index (χ3n) is 8.67. The van der Waals surface area contributed by atoms with Crippen LogP contribution in [0.2, 0.25) is 13.1 Å². The molecule has 4 heteroatoms. The molecular formula is C30H41Cl2HfSi. The fourth-order valence-electron chi connectivity index (χ4n) is 7.00. The summed E-state index contributed by atoms with van der Waals surface area (Å²) < 4.78 is 0.430. The maximum absolute atomic E-state index is 8.36. The van der Waals surface area contributed by atoms with E-state index >= 15 is 0 Å². The van der Waals surface area contributed by atoms with Gasteiger partial charge in [0.1, 0.15) is 0 Å². The number of rotatable bonds is 7. The van der Waals surface area contributed by atoms with E-state index in [1.807, 2.05) is 0 Å². The van der Waals surface area contributed by atoms with Crippen LogP contribution in [0.4, 0.5) is 0 Å². The predicted octanol–water partition coefficient (Wildman–Crippen LogP) is 9.81. The molecule has 0 aliphatic heterocycles. The molecule has 4 rings (SSSR count). The van der Waals surface area contributed by atoms with Crippen LogP contribution in [0, 0.1) is 13.8 Å². The van der Waals surface area contributed by atoms with Gasteiger partial charge in [-0.3, -0.25) is 0 Å². The van der Waals surface area contributed by atoms with Crippen LogP contribution in [-0.4, -0.2) is 5.98 Å². The van der Waals surface area contributed by atoms with Crippen LogP contribution in [0.5, 0.6) is 0 Å². The number of benzene rings is 2. The first-order valence-corrected chi connectivity index (χ1v) is 35.3. The summed E-state index contributed by atoms with van der Waals surface area (Å²) in [4.78, 5) is 0. The van der Waals surface area contributed by atoms with Crippen LogP contribution in [0.3, 0.4) is 0 Å². The zero-order valence-electron chi connectivity index (χ0n) is 22.3. The van der Waals surface area contributed by atoms with Gasteiger partial charge in [-0.25, -0.2) is 0 Å². The van der Waals surface area contributed by atoms with Crippen LogP contribution >= 0.6 is 17.2 Å². The number of halogens is 2. The van der Waals surface area contributed by atoms with Gasteiger partial charge in [0.2, 0.25) is 0 Å². The predicted molar refractivity (Wildman–Crippen MR) is 154 cm³/mol. The van der Waals surface area contributed by atoms with Crippen molar-refractivity contribution in [1.29, 1.82) is 0 Å². The van der Waals surface area contributed by atoms with Crippen LogP contribution in [0.1, 0.15) is 92.4 Å². The molecule has 0 radical (unpaired) electrons. The number of hydrogen-bond acceptors (Lipinski definition) is 0. The molecule has 0 N–H and O–H groups in total. The van der Waals surface area contributed by atoms with E-state index in [1.54, 1.807) is 0 Å². The molecule has 0 bridgehead atoms. The minimum atomic E-state index is -4.68. The van der Waals surface area contributed by atoms with Crippen molar-refractivity contribution in [2.45, 2.75) is 87.7 Å². The second kappa shape index (κ2) is 9.47. The summed E-state index contributed by atoms with van der Waals surface area (Å²) in [5.74, 6) is -1.45. The number of allylic oxidation sites excluding steroid dienone is 2. The first-order valence-electron chi connectivity index (χ1n) is 13.2. The topological polar surface area (TPSA) is 0 Å². The van der Waals surface area contributed by atoms with Crippen molar-refractivity contribution in [3.05, 3.63) is 79.9 Å². The third kappa shape index (κ3) is 3.85. The maximum atomic E-state index is 8.36. The van der Waals surface area contributed by atoms with Gasteiger partial charge >= 0.3 is 218 Å². The Morgan fingerprint density at radius 3 is 1.41 bits per heavy atom. The Labute approximate surface area is 216 Å². The van der Waals surface area contributed by atoms with Crippen LogP contribution in [0.25, 0.3) is 12.2 Å². The summed E-state index contributed by atoms with van der Waals surface area (Å²) in [5, 5.41) is 0. The second-order valence-corrected chi connectivity index (χ2v) is 70.5. The molecule has 0 fully saturated rings. The molecule has 0 saturated heterocycles. The van der Waals surface area contributed by atoms with E-state index in [2.05, 4.69) is 91.1 Å². The molecule has 0 heterocycles. The molecule has 0 aromatic heterocycles. The fraction of sp³-hybridized carbons (Fsp3) is 0.467. The standard InChI is InChI=1S/2C14H17.C2H7Si.2ClH.Hf/c2*1-4-5-12-7-6-11(3)13-8-10(2)9-14(12)13;1-3-2;;;/h2*6-9H,4-5H2,1-3H3;3H,1-2H3;2*1H;/q;;;;;+2/p-2. The quantitative estimate of drug-likeness (QED) is 0.256. The van der Waals surface area contributed by atoms with E-state index in [1.165, 1.54) is 55.7 Å². The monoisotopic (exact) mass is 679 g/mol. The molecule has 34 heavy (non-hydrogen) atoms. The minimum absolute atomic E-state index is 0.215. The molecule has 2 aliphatic carbocycles. The molecule has 0 spiro atoms. The van der Waals surface area contributed by atoms with Crippen molar-refractivity contribution in [2.75, 3.05) is 0 Å². The van der Waals surface area contributed by atoms with Gasteiger partial charge in [-0.2, -0.15) is 0 Å². The summed E-state index contributed by atoms with van der Waals surface area (Å²) in [7, 11) is 16.7. The average molecular weight is 679 g/mol. The molecule has 2 unspecified atom stereocenters. The Balaban J connectivity index is 2.02. The van der Waals surface area contributed by atoms with Crippen LogP contribution < -0.4 is 0 Å². The summed E-state index contributed by atoms with van der Waals surface area (Å²) in [6.07, 6.45) is 9.43. The summed E-state index contributed by atoms with van der Waals surface area (Å²) >= 11 is -4.68. The molecular weight excluding hydrogens is 638 g/mol. The molecule has 2 aliphatic rings. The Bertz CT molecular complexity index is 1120. The van der Waals surface area contributed by atoms with Gasteiger partial charge < -0.3 is 0 Å². The molecule has 0 nitrogen and oxygen atoms in total. The summed E-state index contributed by atoms with van der Waals surface area (Å²) in [5.41, 5.74) is 14.3. The first-order chi connectivity index (χ1) is 16.0. The number of fused-ring (bicyclic) bond motifs is 2. The molecule has 0 saturated carbocycles. The van der Waals surface area contributed by atoms with Gasteiger partial charge in [0.05, 0.1) is 0 Å². The van der Waals surface area contributed by atoms with Gasteiger partial charge in [0.15, 0.2) is 0 Å². The van der Waals surface area contributed by atoms with Crippen molar-refractivity contribution in [3.63, 3.8) is 0 Å². The normalized spacial score (nSPS) is 20.6. The van der Waals surface area contributed by atoms with E-state index in [-0.39, 0.29) is 7.35 Å². The van der Waals surface area contributed by atoms with Gasteiger partial charge in [0, 0.05) is 0 Å². The van der Waals surface area contributed by atoms with E-state index < -0.39 is 21.3 Å². The molecule has 0 amide bonds. The van der Waals surface area contributed by atoms with Crippen molar-refractivity contribution >= 4 is 35.3 Å². The van der Waals surface area contributed by atoms with Crippen molar-refractivity contribution in [1.82, 2.24) is 0 Å². The third-order valence-corrected chi connectivity index (χ3v) is 82.0. The van der Waals surface area contributed by atoms with E-state index in [4.69, 9.17) is 17.2 Å². The van der Waals surface area contributed by atoms with E-state index in [9.17, 15) is 0 Å². The zero-order chi connectivity index (χ0) is 25.0. The zero-order valence-corrected chi connectivity index (χ0v) is 28.5. The number of hydrogen-bond donors (Lipinski definition) is 0. The Kier molecular flexibility index (Phi) is 7.42. The Morgan fingerprint density at radius 1 is 0.706 bits per heavy atom. The van der Waals surface area contributed by atoms with E-state index in [0.717, 1.165) is 25.7 Å². The molecule has 2 atom stereocenters. The fourth-order valence-corrected chi connectivity index (χ4v) is 53.7. The van der Waals surface area contributed by atoms with Crippen molar-refractivity contribution in [3.8, 4) is 0 Å². The second-order valence-electron chi connectivity index (χ2n) is 11.3.